The summed E-state index contributed by atoms with van der Waals surface area (Å²) in [5.74, 6) is 0. The van der Waals surface area contributed by atoms with E-state index < -0.39 is 0 Å². The van der Waals surface area contributed by atoms with Gasteiger partial charge in [0, 0.05) is 33.7 Å². The predicted octanol–water partition coefficient (Wildman–Crippen LogP) is 3.70. The van der Waals surface area contributed by atoms with Crippen molar-refractivity contribution in [1.29, 1.82) is 0 Å². The van der Waals surface area contributed by atoms with Crippen molar-refractivity contribution in [2.45, 2.75) is 32.4 Å². The molecule has 1 heterocycles. The van der Waals surface area contributed by atoms with Crippen molar-refractivity contribution in [1.82, 2.24) is 4.57 Å². The van der Waals surface area contributed by atoms with Gasteiger partial charge in [-0.05, 0) is 44.5 Å². The number of halogens is 1. The molecule has 2 rings (SSSR count). The van der Waals surface area contributed by atoms with Gasteiger partial charge < -0.3 is 10.3 Å². The van der Waals surface area contributed by atoms with E-state index in [-0.39, 0.29) is 6.04 Å². The van der Waals surface area contributed by atoms with Crippen molar-refractivity contribution in [2.75, 3.05) is 0 Å². The summed E-state index contributed by atoms with van der Waals surface area (Å²) >= 11 is 3.49. The van der Waals surface area contributed by atoms with Crippen LogP contribution in [0.1, 0.15) is 26.3 Å². The van der Waals surface area contributed by atoms with Crippen LogP contribution in [0, 0.1) is 0 Å². The maximum absolute atomic E-state index is 5.85. The van der Waals surface area contributed by atoms with E-state index in [1.54, 1.807) is 0 Å². The number of fused-ring (bicyclic) bond motifs is 1. The van der Waals surface area contributed by atoms with Crippen LogP contribution in [0.3, 0.4) is 0 Å². The molecule has 1 aromatic carbocycles. The Kier molecular flexibility index (Phi) is 3.36. The molecular formula is C13H17BrN2. The first kappa shape index (κ1) is 11.7. The van der Waals surface area contributed by atoms with Gasteiger partial charge in [0.2, 0.25) is 0 Å². The Morgan fingerprint density at radius 1 is 1.31 bits per heavy atom. The molecule has 0 saturated carbocycles. The Bertz CT molecular complexity index is 488. The van der Waals surface area contributed by atoms with Gasteiger partial charge in [0.1, 0.15) is 0 Å². The van der Waals surface area contributed by atoms with E-state index in [4.69, 9.17) is 5.73 Å². The zero-order chi connectivity index (χ0) is 11.7. The molecule has 86 valence electrons. The second-order valence-corrected chi connectivity index (χ2v) is 5.40. The van der Waals surface area contributed by atoms with Crippen LogP contribution < -0.4 is 5.73 Å². The van der Waals surface area contributed by atoms with Crippen molar-refractivity contribution in [2.24, 2.45) is 5.73 Å². The third kappa shape index (κ3) is 2.30. The van der Waals surface area contributed by atoms with Gasteiger partial charge in [0.15, 0.2) is 0 Å². The average molecular weight is 281 g/mol. The summed E-state index contributed by atoms with van der Waals surface area (Å²) in [6, 6.07) is 9.21. The van der Waals surface area contributed by atoms with Crippen molar-refractivity contribution in [3.05, 3.63) is 34.9 Å². The molecule has 2 atom stereocenters. The molecule has 0 radical (unpaired) electrons. The van der Waals surface area contributed by atoms with Gasteiger partial charge >= 0.3 is 0 Å². The highest BCUT2D eigenvalue weighted by Crippen LogP contribution is 2.25. The Balaban J connectivity index is 2.38. The maximum Gasteiger partial charge on any atom is 0.0483 e. The molecule has 2 nitrogen and oxygen atoms in total. The molecule has 0 aliphatic carbocycles. The predicted molar refractivity (Wildman–Crippen MR) is 72.6 cm³/mol. The van der Waals surface area contributed by atoms with Crippen molar-refractivity contribution >= 4 is 26.8 Å². The van der Waals surface area contributed by atoms with E-state index in [0.717, 1.165) is 10.9 Å². The molecule has 2 unspecified atom stereocenters. The minimum absolute atomic E-state index is 0.239. The molecule has 0 bridgehead atoms. The number of benzene rings is 1. The largest absolute Gasteiger partial charge is 0.345 e. The highest BCUT2D eigenvalue weighted by molar-refractivity contribution is 9.10. The van der Waals surface area contributed by atoms with E-state index in [1.807, 2.05) is 0 Å². The summed E-state index contributed by atoms with van der Waals surface area (Å²) in [7, 11) is 0. The van der Waals surface area contributed by atoms with Crippen molar-refractivity contribution in [3.63, 3.8) is 0 Å². The molecule has 0 amide bonds. The normalized spacial score (nSPS) is 15.2. The monoisotopic (exact) mass is 280 g/mol. The van der Waals surface area contributed by atoms with Gasteiger partial charge in [-0.2, -0.15) is 0 Å². The van der Waals surface area contributed by atoms with E-state index in [9.17, 15) is 0 Å². The lowest BCUT2D eigenvalue weighted by Crippen LogP contribution is -2.19. The van der Waals surface area contributed by atoms with Gasteiger partial charge in [-0.1, -0.05) is 15.9 Å². The van der Waals surface area contributed by atoms with Crippen LogP contribution in [0.5, 0.6) is 0 Å². The maximum atomic E-state index is 5.85. The van der Waals surface area contributed by atoms with E-state index in [2.05, 4.69) is 64.8 Å². The lowest BCUT2D eigenvalue weighted by molar-refractivity contribution is 0.477. The number of nitrogens with zero attached hydrogens (tertiary/aromatic N) is 1. The molecule has 0 spiro atoms. The zero-order valence-corrected chi connectivity index (χ0v) is 11.2. The van der Waals surface area contributed by atoms with Crippen LogP contribution in [0.15, 0.2) is 34.9 Å². The molecule has 0 aliphatic rings. The summed E-state index contributed by atoms with van der Waals surface area (Å²) in [5.41, 5.74) is 7.12. The van der Waals surface area contributed by atoms with Gasteiger partial charge in [-0.25, -0.2) is 0 Å². The SMILES string of the molecule is CC(N)CC(C)n1ccc2cc(Br)ccc21. The first-order valence-corrected chi connectivity index (χ1v) is 6.39. The summed E-state index contributed by atoms with van der Waals surface area (Å²) in [4.78, 5) is 0. The van der Waals surface area contributed by atoms with Crippen molar-refractivity contribution in [3.8, 4) is 0 Å². The first-order chi connectivity index (χ1) is 7.58. The van der Waals surface area contributed by atoms with Crippen LogP contribution in [-0.2, 0) is 0 Å². The molecule has 3 heteroatoms. The van der Waals surface area contributed by atoms with Crippen LogP contribution >= 0.6 is 15.9 Å². The Hall–Kier alpha value is -0.800. The fourth-order valence-corrected chi connectivity index (χ4v) is 2.55. The molecule has 1 aromatic heterocycles. The van der Waals surface area contributed by atoms with Crippen LogP contribution in [0.4, 0.5) is 0 Å². The first-order valence-electron chi connectivity index (χ1n) is 5.59. The number of nitrogens with two attached hydrogens (primary N) is 1. The third-order valence-electron chi connectivity index (χ3n) is 2.87. The van der Waals surface area contributed by atoms with E-state index >= 15 is 0 Å². The Labute approximate surface area is 105 Å². The highest BCUT2D eigenvalue weighted by Gasteiger charge is 2.10. The fraction of sp³-hybridized carbons (Fsp3) is 0.385. The Morgan fingerprint density at radius 3 is 2.75 bits per heavy atom. The topological polar surface area (TPSA) is 30.9 Å². The van der Waals surface area contributed by atoms with Gasteiger partial charge in [-0.3, -0.25) is 0 Å². The summed E-state index contributed by atoms with van der Waals surface area (Å²) in [6.07, 6.45) is 3.14. The number of rotatable bonds is 3. The molecule has 2 aromatic rings. The molecular weight excluding hydrogens is 264 g/mol. The van der Waals surface area contributed by atoms with Crippen LogP contribution in [0.25, 0.3) is 10.9 Å². The minimum Gasteiger partial charge on any atom is -0.345 e. The molecule has 0 saturated heterocycles. The lowest BCUT2D eigenvalue weighted by Gasteiger charge is -2.17. The zero-order valence-electron chi connectivity index (χ0n) is 9.65. The van der Waals surface area contributed by atoms with Gasteiger partial charge in [0.05, 0.1) is 0 Å². The second-order valence-electron chi connectivity index (χ2n) is 4.49. The smallest absolute Gasteiger partial charge is 0.0483 e. The standard InChI is InChI=1S/C13H17BrN2/c1-9(15)7-10(2)16-6-5-11-8-12(14)3-4-13(11)16/h3-6,8-10H,7,15H2,1-2H3. The van der Waals surface area contributed by atoms with E-state index in [0.29, 0.717) is 6.04 Å². The van der Waals surface area contributed by atoms with Crippen molar-refractivity contribution < 1.29 is 0 Å². The van der Waals surface area contributed by atoms with Gasteiger partial charge in [0.25, 0.3) is 0 Å². The molecule has 0 fully saturated rings. The highest BCUT2D eigenvalue weighted by atomic mass is 79.9. The average Bonchev–Trinajstić information content (AvgIpc) is 2.59. The minimum atomic E-state index is 0.239. The number of hydrogen-bond donors (Lipinski definition) is 1. The fourth-order valence-electron chi connectivity index (χ4n) is 2.17. The third-order valence-corrected chi connectivity index (χ3v) is 3.36. The molecule has 0 aliphatic heterocycles. The van der Waals surface area contributed by atoms with Crippen LogP contribution in [-0.4, -0.2) is 10.6 Å². The number of hydrogen-bond acceptors (Lipinski definition) is 1. The molecule has 2 N–H and O–H groups in total. The summed E-state index contributed by atoms with van der Waals surface area (Å²) in [6.45, 7) is 4.27. The Morgan fingerprint density at radius 2 is 2.06 bits per heavy atom. The lowest BCUT2D eigenvalue weighted by atomic mass is 10.1. The molecule has 16 heavy (non-hydrogen) atoms. The quantitative estimate of drug-likeness (QED) is 0.913. The summed E-state index contributed by atoms with van der Waals surface area (Å²) < 4.78 is 3.42. The van der Waals surface area contributed by atoms with E-state index in [1.165, 1.54) is 10.9 Å². The van der Waals surface area contributed by atoms with Crippen LogP contribution in [0.2, 0.25) is 0 Å². The second kappa shape index (κ2) is 4.60. The number of aromatic nitrogens is 1. The van der Waals surface area contributed by atoms with Gasteiger partial charge in [-0.15, -0.1) is 0 Å². The summed E-state index contributed by atoms with van der Waals surface area (Å²) in [5, 5.41) is 1.27.